The van der Waals surface area contributed by atoms with E-state index in [1.165, 1.54) is 0 Å². The number of anilines is 1. The second-order valence-electron chi connectivity index (χ2n) is 4.36. The van der Waals surface area contributed by atoms with E-state index in [1.54, 1.807) is 0 Å². The molecule has 0 heterocycles. The minimum absolute atomic E-state index is 0.417. The third-order valence-electron chi connectivity index (χ3n) is 2.96. The Labute approximate surface area is 123 Å². The SMILES string of the molecule is CN(Cc1ccccc1Cl)c1ccc(C(N)=S)cc1. The maximum atomic E-state index is 6.16. The van der Waals surface area contributed by atoms with Gasteiger partial charge in [0, 0.05) is 29.9 Å². The predicted octanol–water partition coefficient (Wildman–Crippen LogP) is 3.61. The van der Waals surface area contributed by atoms with Crippen molar-refractivity contribution in [3.8, 4) is 0 Å². The number of nitrogens with two attached hydrogens (primary N) is 1. The predicted molar refractivity (Wildman–Crippen MR) is 85.9 cm³/mol. The highest BCUT2D eigenvalue weighted by Crippen LogP contribution is 2.20. The molecule has 0 atom stereocenters. The minimum Gasteiger partial charge on any atom is -0.389 e. The molecule has 0 aliphatic heterocycles. The van der Waals surface area contributed by atoms with Gasteiger partial charge in [0.05, 0.1) is 0 Å². The highest BCUT2D eigenvalue weighted by molar-refractivity contribution is 7.80. The number of hydrogen-bond donors (Lipinski definition) is 1. The monoisotopic (exact) mass is 290 g/mol. The van der Waals surface area contributed by atoms with E-state index in [2.05, 4.69) is 4.90 Å². The van der Waals surface area contributed by atoms with Gasteiger partial charge in [-0.2, -0.15) is 0 Å². The fraction of sp³-hybridized carbons (Fsp3) is 0.133. The smallest absolute Gasteiger partial charge is 0.103 e. The van der Waals surface area contributed by atoms with Crippen molar-refractivity contribution in [3.63, 3.8) is 0 Å². The fourth-order valence-electron chi connectivity index (χ4n) is 1.85. The molecule has 0 spiro atoms. The Balaban J connectivity index is 2.14. The van der Waals surface area contributed by atoms with E-state index in [9.17, 15) is 0 Å². The molecular formula is C15H15ClN2S. The average molecular weight is 291 g/mol. The number of rotatable bonds is 4. The first-order valence-corrected chi connectivity index (χ1v) is 6.71. The zero-order valence-corrected chi connectivity index (χ0v) is 12.2. The van der Waals surface area contributed by atoms with Gasteiger partial charge in [-0.05, 0) is 35.9 Å². The molecule has 0 aromatic heterocycles. The lowest BCUT2D eigenvalue weighted by molar-refractivity contribution is 0.923. The molecule has 4 heteroatoms. The molecular weight excluding hydrogens is 276 g/mol. The molecule has 2 N–H and O–H groups in total. The highest BCUT2D eigenvalue weighted by atomic mass is 35.5. The lowest BCUT2D eigenvalue weighted by Gasteiger charge is -2.20. The van der Waals surface area contributed by atoms with Gasteiger partial charge in [0.2, 0.25) is 0 Å². The topological polar surface area (TPSA) is 29.3 Å². The summed E-state index contributed by atoms with van der Waals surface area (Å²) in [6.07, 6.45) is 0. The van der Waals surface area contributed by atoms with E-state index in [4.69, 9.17) is 29.6 Å². The van der Waals surface area contributed by atoms with Crippen LogP contribution in [0.1, 0.15) is 11.1 Å². The van der Waals surface area contributed by atoms with E-state index in [0.717, 1.165) is 28.4 Å². The normalized spacial score (nSPS) is 10.2. The van der Waals surface area contributed by atoms with Crippen molar-refractivity contribution in [2.75, 3.05) is 11.9 Å². The van der Waals surface area contributed by atoms with Crippen molar-refractivity contribution in [3.05, 3.63) is 64.7 Å². The van der Waals surface area contributed by atoms with Gasteiger partial charge < -0.3 is 10.6 Å². The van der Waals surface area contributed by atoms with Crippen molar-refractivity contribution in [1.29, 1.82) is 0 Å². The van der Waals surface area contributed by atoms with Crippen LogP contribution in [0.4, 0.5) is 5.69 Å². The molecule has 0 aliphatic rings. The Kier molecular flexibility index (Phi) is 4.40. The van der Waals surface area contributed by atoms with Crippen LogP contribution in [0.15, 0.2) is 48.5 Å². The number of benzene rings is 2. The van der Waals surface area contributed by atoms with Gasteiger partial charge in [-0.1, -0.05) is 42.0 Å². The Morgan fingerprint density at radius 3 is 2.37 bits per heavy atom. The van der Waals surface area contributed by atoms with Gasteiger partial charge in [-0.3, -0.25) is 0 Å². The van der Waals surface area contributed by atoms with Crippen LogP contribution < -0.4 is 10.6 Å². The van der Waals surface area contributed by atoms with Crippen molar-refractivity contribution in [2.45, 2.75) is 6.54 Å². The van der Waals surface area contributed by atoms with Crippen LogP contribution in [0.3, 0.4) is 0 Å². The first-order valence-electron chi connectivity index (χ1n) is 5.92. The number of halogens is 1. The molecule has 19 heavy (non-hydrogen) atoms. The molecule has 0 saturated carbocycles. The van der Waals surface area contributed by atoms with Crippen molar-refractivity contribution in [1.82, 2.24) is 0 Å². The molecule has 2 aromatic carbocycles. The molecule has 2 rings (SSSR count). The summed E-state index contributed by atoms with van der Waals surface area (Å²) in [6.45, 7) is 0.756. The van der Waals surface area contributed by atoms with Crippen LogP contribution in [0.25, 0.3) is 0 Å². The molecule has 2 aromatic rings. The zero-order chi connectivity index (χ0) is 13.8. The van der Waals surface area contributed by atoms with Crippen molar-refractivity contribution in [2.24, 2.45) is 5.73 Å². The first-order chi connectivity index (χ1) is 9.08. The zero-order valence-electron chi connectivity index (χ0n) is 10.6. The fourth-order valence-corrected chi connectivity index (χ4v) is 2.19. The Hall–Kier alpha value is -1.58. The van der Waals surface area contributed by atoms with Crippen LogP contribution in [0.2, 0.25) is 5.02 Å². The van der Waals surface area contributed by atoms with Crippen LogP contribution in [0.5, 0.6) is 0 Å². The third-order valence-corrected chi connectivity index (χ3v) is 3.56. The number of thiocarbonyl (C=S) groups is 1. The maximum absolute atomic E-state index is 6.16. The Bertz CT molecular complexity index is 581. The molecule has 98 valence electrons. The summed E-state index contributed by atoms with van der Waals surface area (Å²) >= 11 is 11.1. The van der Waals surface area contributed by atoms with Gasteiger partial charge in [0.25, 0.3) is 0 Å². The molecule has 0 bridgehead atoms. The largest absolute Gasteiger partial charge is 0.389 e. The summed E-state index contributed by atoms with van der Waals surface area (Å²) in [6, 6.07) is 15.7. The van der Waals surface area contributed by atoms with E-state index in [1.807, 2.05) is 55.6 Å². The Morgan fingerprint density at radius 2 is 1.79 bits per heavy atom. The molecule has 0 saturated heterocycles. The van der Waals surface area contributed by atoms with Crippen molar-refractivity contribution >= 4 is 34.5 Å². The summed E-state index contributed by atoms with van der Waals surface area (Å²) in [4.78, 5) is 2.55. The second kappa shape index (κ2) is 6.04. The van der Waals surface area contributed by atoms with Gasteiger partial charge in [0.15, 0.2) is 0 Å². The van der Waals surface area contributed by atoms with E-state index in [0.29, 0.717) is 4.99 Å². The maximum Gasteiger partial charge on any atom is 0.103 e. The summed E-state index contributed by atoms with van der Waals surface area (Å²) in [5.41, 5.74) is 8.66. The van der Waals surface area contributed by atoms with Crippen LogP contribution >= 0.6 is 23.8 Å². The minimum atomic E-state index is 0.417. The molecule has 0 radical (unpaired) electrons. The van der Waals surface area contributed by atoms with Crippen LogP contribution in [-0.2, 0) is 6.54 Å². The van der Waals surface area contributed by atoms with Gasteiger partial charge in [-0.25, -0.2) is 0 Å². The van der Waals surface area contributed by atoms with E-state index < -0.39 is 0 Å². The molecule has 0 unspecified atom stereocenters. The molecule has 0 amide bonds. The van der Waals surface area contributed by atoms with Gasteiger partial charge in [0.1, 0.15) is 4.99 Å². The number of nitrogens with zero attached hydrogens (tertiary/aromatic N) is 1. The summed E-state index contributed by atoms with van der Waals surface area (Å²) in [5.74, 6) is 0. The molecule has 0 aliphatic carbocycles. The van der Waals surface area contributed by atoms with E-state index >= 15 is 0 Å². The second-order valence-corrected chi connectivity index (χ2v) is 5.21. The number of hydrogen-bond acceptors (Lipinski definition) is 2. The summed E-state index contributed by atoms with van der Waals surface area (Å²) in [5, 5.41) is 0.786. The highest BCUT2D eigenvalue weighted by Gasteiger charge is 2.05. The molecule has 0 fully saturated rings. The molecule has 2 nitrogen and oxygen atoms in total. The Morgan fingerprint density at radius 1 is 1.16 bits per heavy atom. The first kappa shape index (κ1) is 13.8. The van der Waals surface area contributed by atoms with E-state index in [-0.39, 0.29) is 0 Å². The summed E-state index contributed by atoms with van der Waals surface area (Å²) < 4.78 is 0. The summed E-state index contributed by atoms with van der Waals surface area (Å²) in [7, 11) is 2.03. The third kappa shape index (κ3) is 3.46. The van der Waals surface area contributed by atoms with Gasteiger partial charge in [-0.15, -0.1) is 0 Å². The van der Waals surface area contributed by atoms with Crippen LogP contribution in [-0.4, -0.2) is 12.0 Å². The quantitative estimate of drug-likeness (QED) is 0.872. The van der Waals surface area contributed by atoms with Crippen molar-refractivity contribution < 1.29 is 0 Å². The average Bonchev–Trinajstić information content (AvgIpc) is 2.41. The van der Waals surface area contributed by atoms with Gasteiger partial charge >= 0.3 is 0 Å². The lowest BCUT2D eigenvalue weighted by atomic mass is 10.1. The van der Waals surface area contributed by atoms with Crippen LogP contribution in [0, 0.1) is 0 Å². The standard InChI is InChI=1S/C15H15ClN2S/c1-18(10-12-4-2-3-5-14(12)16)13-8-6-11(7-9-13)15(17)19/h2-9H,10H2,1H3,(H2,17,19). The lowest BCUT2D eigenvalue weighted by Crippen LogP contribution is -2.17.